The van der Waals surface area contributed by atoms with Crippen molar-refractivity contribution >= 4 is 0 Å². The van der Waals surface area contributed by atoms with Crippen molar-refractivity contribution in [2.75, 3.05) is 0 Å². The van der Waals surface area contributed by atoms with Crippen LogP contribution in [0.15, 0.2) is 0 Å². The normalized spacial score (nSPS) is 10.9. The van der Waals surface area contributed by atoms with Crippen LogP contribution in [0, 0.1) is 17.8 Å². The molecule has 0 atom stereocenters. The van der Waals surface area contributed by atoms with Gasteiger partial charge in [0.2, 0.25) is 0 Å². The van der Waals surface area contributed by atoms with Gasteiger partial charge in [-0.3, -0.25) is 0 Å². The maximum atomic E-state index is 5.22. The molecule has 9 heavy (non-hydrogen) atoms. The van der Waals surface area contributed by atoms with Gasteiger partial charge < -0.3 is 0 Å². The van der Waals surface area contributed by atoms with E-state index in [1.54, 1.807) is 0 Å². The van der Waals surface area contributed by atoms with Crippen molar-refractivity contribution in [1.29, 1.82) is 0 Å². The average molecular weight is 124 g/mol. The zero-order chi connectivity index (χ0) is 7.33. The summed E-state index contributed by atoms with van der Waals surface area (Å²) in [4.78, 5) is 0. The lowest BCUT2D eigenvalue weighted by atomic mass is 9.82. The first-order chi connectivity index (χ1) is 4.18. The van der Waals surface area contributed by atoms with E-state index >= 15 is 0 Å². The predicted molar refractivity (Wildman–Crippen MR) is 42.1 cm³/mol. The molecule has 0 N–H and O–H groups in total. The number of hydrogen-bond acceptors (Lipinski definition) is 0. The summed E-state index contributed by atoms with van der Waals surface area (Å²) in [6.45, 7) is 6.63. The van der Waals surface area contributed by atoms with E-state index in [0.717, 1.165) is 6.42 Å². The highest BCUT2D eigenvalue weighted by molar-refractivity contribution is 4.91. The second-order valence-corrected chi connectivity index (χ2v) is 2.90. The maximum Gasteiger partial charge on any atom is 0.0140 e. The monoisotopic (exact) mass is 124 g/mol. The SMILES string of the molecule is C#CCC(C)(CC)CC. The Morgan fingerprint density at radius 1 is 1.33 bits per heavy atom. The minimum absolute atomic E-state index is 0.398. The summed E-state index contributed by atoms with van der Waals surface area (Å²) < 4.78 is 0. The third-order valence-corrected chi connectivity index (χ3v) is 2.24. The summed E-state index contributed by atoms with van der Waals surface area (Å²) >= 11 is 0. The molecule has 52 valence electrons. The molecule has 0 heterocycles. The fourth-order valence-corrected chi connectivity index (χ4v) is 0.746. The van der Waals surface area contributed by atoms with Gasteiger partial charge in [0.05, 0.1) is 0 Å². The van der Waals surface area contributed by atoms with E-state index in [9.17, 15) is 0 Å². The van der Waals surface area contributed by atoms with Gasteiger partial charge in [-0.1, -0.05) is 20.8 Å². The van der Waals surface area contributed by atoms with Gasteiger partial charge in [0.1, 0.15) is 0 Å². The Bertz CT molecular complexity index is 102. The van der Waals surface area contributed by atoms with Gasteiger partial charge in [-0.2, -0.15) is 0 Å². The molecule has 0 aromatic carbocycles. The summed E-state index contributed by atoms with van der Waals surface area (Å²) in [6.07, 6.45) is 8.51. The molecular weight excluding hydrogens is 108 g/mol. The van der Waals surface area contributed by atoms with Gasteiger partial charge >= 0.3 is 0 Å². The van der Waals surface area contributed by atoms with Crippen LogP contribution in [0.25, 0.3) is 0 Å². The van der Waals surface area contributed by atoms with Crippen LogP contribution < -0.4 is 0 Å². The van der Waals surface area contributed by atoms with Crippen molar-refractivity contribution < 1.29 is 0 Å². The first-order valence-electron chi connectivity index (χ1n) is 3.62. The zero-order valence-corrected chi connectivity index (χ0v) is 6.70. The molecule has 0 unspecified atom stereocenters. The van der Waals surface area contributed by atoms with Crippen molar-refractivity contribution in [2.45, 2.75) is 40.0 Å². The molecule has 0 spiro atoms. The molecule has 0 fully saturated rings. The van der Waals surface area contributed by atoms with Crippen molar-refractivity contribution in [3.63, 3.8) is 0 Å². The van der Waals surface area contributed by atoms with Crippen LogP contribution in [-0.4, -0.2) is 0 Å². The lowest BCUT2D eigenvalue weighted by Gasteiger charge is -2.23. The van der Waals surface area contributed by atoms with Gasteiger partial charge in [-0.25, -0.2) is 0 Å². The summed E-state index contributed by atoms with van der Waals surface area (Å²) in [5, 5.41) is 0. The summed E-state index contributed by atoms with van der Waals surface area (Å²) in [7, 11) is 0. The molecule has 0 saturated carbocycles. The van der Waals surface area contributed by atoms with E-state index < -0.39 is 0 Å². The van der Waals surface area contributed by atoms with Crippen LogP contribution >= 0.6 is 0 Å². The van der Waals surface area contributed by atoms with Crippen LogP contribution in [0.1, 0.15) is 40.0 Å². The lowest BCUT2D eigenvalue weighted by molar-refractivity contribution is 0.307. The highest BCUT2D eigenvalue weighted by Gasteiger charge is 2.16. The van der Waals surface area contributed by atoms with Crippen molar-refractivity contribution in [3.05, 3.63) is 0 Å². The van der Waals surface area contributed by atoms with E-state index in [4.69, 9.17) is 6.42 Å². The smallest absolute Gasteiger partial charge is 0.0140 e. The van der Waals surface area contributed by atoms with Gasteiger partial charge in [0.25, 0.3) is 0 Å². The van der Waals surface area contributed by atoms with Gasteiger partial charge in [0.15, 0.2) is 0 Å². The van der Waals surface area contributed by atoms with Gasteiger partial charge in [-0.15, -0.1) is 12.3 Å². The molecule has 0 aliphatic rings. The molecule has 0 heteroatoms. The van der Waals surface area contributed by atoms with Crippen LogP contribution in [0.5, 0.6) is 0 Å². The fourth-order valence-electron chi connectivity index (χ4n) is 0.746. The topological polar surface area (TPSA) is 0 Å². The standard InChI is InChI=1S/C9H16/c1-5-8-9(4,6-2)7-3/h1H,6-8H2,2-4H3. The molecule has 0 aliphatic carbocycles. The molecule has 0 nitrogen and oxygen atoms in total. The quantitative estimate of drug-likeness (QED) is 0.507. The van der Waals surface area contributed by atoms with Crippen LogP contribution in [-0.2, 0) is 0 Å². The Morgan fingerprint density at radius 2 is 1.78 bits per heavy atom. The molecule has 0 aromatic rings. The van der Waals surface area contributed by atoms with E-state index in [2.05, 4.69) is 26.7 Å². The van der Waals surface area contributed by atoms with Crippen LogP contribution in [0.2, 0.25) is 0 Å². The third kappa shape index (κ3) is 2.56. The summed E-state index contributed by atoms with van der Waals surface area (Å²) in [5.41, 5.74) is 0.398. The molecule has 0 saturated heterocycles. The Labute approximate surface area is 58.7 Å². The van der Waals surface area contributed by atoms with Gasteiger partial charge in [0, 0.05) is 6.42 Å². The Hall–Kier alpha value is -0.440. The van der Waals surface area contributed by atoms with E-state index in [1.165, 1.54) is 12.8 Å². The van der Waals surface area contributed by atoms with Crippen LogP contribution in [0.4, 0.5) is 0 Å². The van der Waals surface area contributed by atoms with E-state index in [0.29, 0.717) is 5.41 Å². The second-order valence-electron chi connectivity index (χ2n) is 2.90. The lowest BCUT2D eigenvalue weighted by Crippen LogP contribution is -2.11. The molecular formula is C9H16. The first kappa shape index (κ1) is 8.56. The van der Waals surface area contributed by atoms with Crippen molar-refractivity contribution in [2.24, 2.45) is 5.41 Å². The number of terminal acetylenes is 1. The highest BCUT2D eigenvalue weighted by Crippen LogP contribution is 2.28. The molecule has 0 rings (SSSR count). The average Bonchev–Trinajstić information content (AvgIpc) is 1.89. The largest absolute Gasteiger partial charge is 0.120 e. The minimum atomic E-state index is 0.398. The van der Waals surface area contributed by atoms with E-state index in [1.807, 2.05) is 0 Å². The Morgan fingerprint density at radius 3 is 1.89 bits per heavy atom. The van der Waals surface area contributed by atoms with Crippen LogP contribution in [0.3, 0.4) is 0 Å². The summed E-state index contributed by atoms with van der Waals surface area (Å²) in [6, 6.07) is 0. The number of hydrogen-bond donors (Lipinski definition) is 0. The highest BCUT2D eigenvalue weighted by atomic mass is 14.2. The fraction of sp³-hybridized carbons (Fsp3) is 0.778. The van der Waals surface area contributed by atoms with E-state index in [-0.39, 0.29) is 0 Å². The minimum Gasteiger partial charge on any atom is -0.120 e. The molecule has 0 aliphatic heterocycles. The third-order valence-electron chi connectivity index (χ3n) is 2.24. The molecule has 0 amide bonds. The zero-order valence-electron chi connectivity index (χ0n) is 6.70. The van der Waals surface area contributed by atoms with Crippen molar-refractivity contribution in [1.82, 2.24) is 0 Å². The summed E-state index contributed by atoms with van der Waals surface area (Å²) in [5.74, 6) is 2.71. The predicted octanol–water partition coefficient (Wildman–Crippen LogP) is 2.84. The number of rotatable bonds is 3. The Kier molecular flexibility index (Phi) is 3.39. The first-order valence-corrected chi connectivity index (χ1v) is 3.62. The van der Waals surface area contributed by atoms with Crippen molar-refractivity contribution in [3.8, 4) is 12.3 Å². The molecule has 0 bridgehead atoms. The molecule has 0 aromatic heterocycles. The molecule has 0 radical (unpaired) electrons. The second kappa shape index (κ2) is 3.56. The van der Waals surface area contributed by atoms with Gasteiger partial charge in [-0.05, 0) is 18.3 Å². The maximum absolute atomic E-state index is 5.22. The Balaban J connectivity index is 3.80.